The number of rotatable bonds is 9. The van der Waals surface area contributed by atoms with Crippen LogP contribution in [0.15, 0.2) is 24.3 Å². The summed E-state index contributed by atoms with van der Waals surface area (Å²) < 4.78 is 22.4. The van der Waals surface area contributed by atoms with Gasteiger partial charge in [-0.2, -0.15) is 0 Å². The molecule has 1 aliphatic rings. The molecule has 176 valence electrons. The number of methoxy groups -OCH3 is 4. The molecule has 0 spiro atoms. The molecule has 0 aliphatic carbocycles. The van der Waals surface area contributed by atoms with Gasteiger partial charge in [0.25, 0.3) is 0 Å². The molecule has 1 unspecified atom stereocenters. The van der Waals surface area contributed by atoms with Crippen molar-refractivity contribution in [3.8, 4) is 23.0 Å². The van der Waals surface area contributed by atoms with Crippen molar-refractivity contribution < 1.29 is 18.9 Å². The summed E-state index contributed by atoms with van der Waals surface area (Å²) in [6.45, 7) is 6.28. The van der Waals surface area contributed by atoms with E-state index in [9.17, 15) is 0 Å². The zero-order valence-corrected chi connectivity index (χ0v) is 20.8. The average Bonchev–Trinajstić information content (AvgIpc) is 2.80. The molecule has 3 rings (SSSR count). The van der Waals surface area contributed by atoms with Gasteiger partial charge in [0, 0.05) is 25.2 Å². The molecular formula is C26H38N2O4. The largest absolute Gasteiger partial charge is 0.493 e. The molecule has 0 aromatic heterocycles. The van der Waals surface area contributed by atoms with Crippen molar-refractivity contribution >= 4 is 0 Å². The zero-order chi connectivity index (χ0) is 23.4. The first-order valence-corrected chi connectivity index (χ1v) is 11.2. The third-order valence-electron chi connectivity index (χ3n) is 6.69. The van der Waals surface area contributed by atoms with E-state index in [0.29, 0.717) is 6.04 Å². The third kappa shape index (κ3) is 4.97. The van der Waals surface area contributed by atoms with Crippen LogP contribution in [0, 0.1) is 0 Å². The lowest BCUT2D eigenvalue weighted by atomic mass is 9.87. The van der Waals surface area contributed by atoms with E-state index in [4.69, 9.17) is 18.9 Å². The van der Waals surface area contributed by atoms with E-state index in [2.05, 4.69) is 62.0 Å². The first-order valence-electron chi connectivity index (χ1n) is 11.2. The highest BCUT2D eigenvalue weighted by molar-refractivity contribution is 5.51. The number of hydrogen-bond acceptors (Lipinski definition) is 6. The van der Waals surface area contributed by atoms with Gasteiger partial charge in [-0.3, -0.25) is 9.80 Å². The second-order valence-electron chi connectivity index (χ2n) is 8.84. The van der Waals surface area contributed by atoms with Gasteiger partial charge in [-0.1, -0.05) is 0 Å². The number of ether oxygens (including phenoxy) is 4. The second kappa shape index (κ2) is 10.5. The summed E-state index contributed by atoms with van der Waals surface area (Å²) in [5.74, 6) is 3.11. The Morgan fingerprint density at radius 1 is 0.875 bits per heavy atom. The van der Waals surface area contributed by atoms with Gasteiger partial charge in [-0.15, -0.1) is 0 Å². The van der Waals surface area contributed by atoms with E-state index in [0.717, 1.165) is 48.9 Å². The van der Waals surface area contributed by atoms with Gasteiger partial charge in [0.15, 0.2) is 23.0 Å². The van der Waals surface area contributed by atoms with E-state index < -0.39 is 0 Å². The standard InChI is InChI=1S/C26H38N2O4/c1-17(2)28(4)16-20-14-25(31-7)24(30-6)13-19(20)11-22-21-15-26(32-8)23(29-5)12-18(21)9-10-27(22)3/h12-15,17,22H,9-11,16H2,1-8H3. The van der Waals surface area contributed by atoms with Crippen molar-refractivity contribution in [2.75, 3.05) is 49.1 Å². The summed E-state index contributed by atoms with van der Waals surface area (Å²) >= 11 is 0. The minimum Gasteiger partial charge on any atom is -0.493 e. The van der Waals surface area contributed by atoms with Crippen LogP contribution in [-0.2, 0) is 19.4 Å². The molecule has 1 aliphatic heterocycles. The summed E-state index contributed by atoms with van der Waals surface area (Å²) in [4.78, 5) is 4.78. The SMILES string of the molecule is COc1cc(CC2c3cc(OC)c(OC)cc3CCN2C)c(CN(C)C(C)C)cc1OC. The Morgan fingerprint density at radius 3 is 1.97 bits per heavy atom. The van der Waals surface area contributed by atoms with Gasteiger partial charge in [-0.05, 0) is 87.3 Å². The molecule has 0 bridgehead atoms. The monoisotopic (exact) mass is 442 g/mol. The third-order valence-corrected chi connectivity index (χ3v) is 6.69. The van der Waals surface area contributed by atoms with Gasteiger partial charge in [0.05, 0.1) is 28.4 Å². The summed E-state index contributed by atoms with van der Waals surface area (Å²) in [5.41, 5.74) is 5.16. The predicted octanol–water partition coefficient (Wildman–Crippen LogP) is 4.33. The Labute approximate surface area is 193 Å². The van der Waals surface area contributed by atoms with Gasteiger partial charge < -0.3 is 18.9 Å². The van der Waals surface area contributed by atoms with Crippen LogP contribution in [0.5, 0.6) is 23.0 Å². The molecule has 0 N–H and O–H groups in total. The molecule has 6 heteroatoms. The van der Waals surface area contributed by atoms with Crippen molar-refractivity contribution in [2.45, 2.75) is 45.3 Å². The van der Waals surface area contributed by atoms with Gasteiger partial charge in [-0.25, -0.2) is 0 Å². The van der Waals surface area contributed by atoms with E-state index in [-0.39, 0.29) is 6.04 Å². The predicted molar refractivity (Wildman–Crippen MR) is 128 cm³/mol. The van der Waals surface area contributed by atoms with E-state index in [1.54, 1.807) is 28.4 Å². The first-order chi connectivity index (χ1) is 15.3. The topological polar surface area (TPSA) is 43.4 Å². The fourth-order valence-electron chi connectivity index (χ4n) is 4.38. The number of benzene rings is 2. The van der Waals surface area contributed by atoms with Crippen LogP contribution in [0.2, 0.25) is 0 Å². The van der Waals surface area contributed by atoms with Crippen LogP contribution in [0.1, 0.15) is 42.1 Å². The van der Waals surface area contributed by atoms with E-state index in [1.807, 2.05) is 0 Å². The van der Waals surface area contributed by atoms with Crippen LogP contribution >= 0.6 is 0 Å². The highest BCUT2D eigenvalue weighted by Gasteiger charge is 2.28. The van der Waals surface area contributed by atoms with Crippen molar-refractivity contribution in [1.29, 1.82) is 0 Å². The Bertz CT molecular complexity index is 929. The maximum Gasteiger partial charge on any atom is 0.161 e. The summed E-state index contributed by atoms with van der Waals surface area (Å²) in [7, 11) is 11.1. The zero-order valence-electron chi connectivity index (χ0n) is 20.8. The molecular weight excluding hydrogens is 404 g/mol. The van der Waals surface area contributed by atoms with Crippen LogP contribution in [0.25, 0.3) is 0 Å². The minimum atomic E-state index is 0.236. The number of fused-ring (bicyclic) bond motifs is 1. The van der Waals surface area contributed by atoms with Crippen molar-refractivity contribution in [3.63, 3.8) is 0 Å². The lowest BCUT2D eigenvalue weighted by molar-refractivity contribution is 0.225. The fourth-order valence-corrected chi connectivity index (χ4v) is 4.38. The number of hydrogen-bond donors (Lipinski definition) is 0. The minimum absolute atomic E-state index is 0.236. The quantitative estimate of drug-likeness (QED) is 0.576. The maximum atomic E-state index is 5.65. The Morgan fingerprint density at radius 2 is 1.41 bits per heavy atom. The Balaban J connectivity index is 2.05. The summed E-state index contributed by atoms with van der Waals surface area (Å²) in [6, 6.07) is 9.24. The normalized spacial score (nSPS) is 16.2. The van der Waals surface area contributed by atoms with E-state index >= 15 is 0 Å². The molecule has 6 nitrogen and oxygen atoms in total. The Kier molecular flexibility index (Phi) is 7.91. The number of likely N-dealkylation sites (N-methyl/N-ethyl adjacent to an activating group) is 1. The molecule has 0 radical (unpaired) electrons. The van der Waals surface area contributed by atoms with Crippen molar-refractivity contribution in [2.24, 2.45) is 0 Å². The molecule has 1 heterocycles. The van der Waals surface area contributed by atoms with Crippen LogP contribution in [0.3, 0.4) is 0 Å². The second-order valence-corrected chi connectivity index (χ2v) is 8.84. The van der Waals surface area contributed by atoms with Crippen LogP contribution in [-0.4, -0.2) is 64.9 Å². The Hall–Kier alpha value is -2.44. The fraction of sp³-hybridized carbons (Fsp3) is 0.538. The highest BCUT2D eigenvalue weighted by atomic mass is 16.5. The molecule has 2 aromatic carbocycles. The van der Waals surface area contributed by atoms with Crippen LogP contribution < -0.4 is 18.9 Å². The first kappa shape index (κ1) is 24.2. The molecule has 2 aromatic rings. The molecule has 0 fully saturated rings. The smallest absolute Gasteiger partial charge is 0.161 e. The molecule has 1 atom stereocenters. The molecule has 0 saturated heterocycles. The lowest BCUT2D eigenvalue weighted by Crippen LogP contribution is -2.34. The van der Waals surface area contributed by atoms with Gasteiger partial charge >= 0.3 is 0 Å². The summed E-state index contributed by atoms with van der Waals surface area (Å²) in [5, 5.41) is 0. The molecule has 0 saturated carbocycles. The van der Waals surface area contributed by atoms with Crippen molar-refractivity contribution in [1.82, 2.24) is 9.80 Å². The van der Waals surface area contributed by atoms with Gasteiger partial charge in [0.2, 0.25) is 0 Å². The summed E-state index contributed by atoms with van der Waals surface area (Å²) in [6.07, 6.45) is 1.87. The molecule has 32 heavy (non-hydrogen) atoms. The average molecular weight is 443 g/mol. The molecule has 0 amide bonds. The highest BCUT2D eigenvalue weighted by Crippen LogP contribution is 2.40. The lowest BCUT2D eigenvalue weighted by Gasteiger charge is -2.36. The van der Waals surface area contributed by atoms with E-state index in [1.165, 1.54) is 22.3 Å². The van der Waals surface area contributed by atoms with Crippen LogP contribution in [0.4, 0.5) is 0 Å². The van der Waals surface area contributed by atoms with Crippen molar-refractivity contribution in [3.05, 3.63) is 46.5 Å². The van der Waals surface area contributed by atoms with Gasteiger partial charge in [0.1, 0.15) is 0 Å². The maximum absolute atomic E-state index is 5.65. The number of nitrogens with zero attached hydrogens (tertiary/aromatic N) is 2.